The second-order valence-electron chi connectivity index (χ2n) is 4.00. The molecule has 1 aromatic heterocycles. The Morgan fingerprint density at radius 2 is 2.64 bits per heavy atom. The van der Waals surface area contributed by atoms with Crippen molar-refractivity contribution in [3.8, 4) is 0 Å². The Labute approximate surface area is 88.5 Å². The summed E-state index contributed by atoms with van der Waals surface area (Å²) >= 11 is 1.68. The molecule has 14 heavy (non-hydrogen) atoms. The minimum atomic E-state index is -0.00884. The monoisotopic (exact) mass is 212 g/mol. The molecule has 1 aliphatic rings. The lowest BCUT2D eigenvalue weighted by molar-refractivity contribution is -0.0273. The van der Waals surface area contributed by atoms with Gasteiger partial charge in [-0.05, 0) is 26.8 Å². The van der Waals surface area contributed by atoms with E-state index in [9.17, 15) is 0 Å². The zero-order chi connectivity index (χ0) is 10.0. The lowest BCUT2D eigenvalue weighted by Gasteiger charge is -2.23. The summed E-state index contributed by atoms with van der Waals surface area (Å²) in [5.74, 6) is 0. The zero-order valence-electron chi connectivity index (χ0n) is 8.62. The molecule has 2 rings (SSSR count). The summed E-state index contributed by atoms with van der Waals surface area (Å²) in [5.41, 5.74) is -0.00884. The van der Waals surface area contributed by atoms with E-state index in [0.29, 0.717) is 0 Å². The van der Waals surface area contributed by atoms with Gasteiger partial charge in [-0.1, -0.05) is 0 Å². The van der Waals surface area contributed by atoms with Gasteiger partial charge in [0, 0.05) is 18.1 Å². The molecule has 2 unspecified atom stereocenters. The van der Waals surface area contributed by atoms with Crippen LogP contribution in [-0.4, -0.2) is 24.2 Å². The molecule has 1 saturated heterocycles. The summed E-state index contributed by atoms with van der Waals surface area (Å²) in [5, 5.41) is 6.30. The molecule has 0 bridgehead atoms. The predicted octanol–water partition coefficient (Wildman–Crippen LogP) is 1.97. The van der Waals surface area contributed by atoms with Crippen molar-refractivity contribution in [2.75, 3.05) is 13.6 Å². The molecular weight excluding hydrogens is 196 g/mol. The highest BCUT2D eigenvalue weighted by atomic mass is 32.1. The highest BCUT2D eigenvalue weighted by Crippen LogP contribution is 2.39. The third-order valence-electron chi connectivity index (χ3n) is 2.64. The van der Waals surface area contributed by atoms with Crippen LogP contribution in [0.2, 0.25) is 0 Å². The zero-order valence-corrected chi connectivity index (χ0v) is 9.43. The van der Waals surface area contributed by atoms with Crippen molar-refractivity contribution in [1.29, 1.82) is 0 Å². The van der Waals surface area contributed by atoms with Gasteiger partial charge in [0.25, 0.3) is 0 Å². The second kappa shape index (κ2) is 3.96. The average Bonchev–Trinajstić information content (AvgIpc) is 2.73. The predicted molar refractivity (Wildman–Crippen MR) is 57.5 cm³/mol. The summed E-state index contributed by atoms with van der Waals surface area (Å²) in [6, 6.07) is 0. The number of aromatic nitrogens is 1. The molecule has 4 heteroatoms. The maximum Gasteiger partial charge on any atom is 0.121 e. The van der Waals surface area contributed by atoms with E-state index in [1.54, 1.807) is 11.3 Å². The third-order valence-corrected chi connectivity index (χ3v) is 3.51. The van der Waals surface area contributed by atoms with Gasteiger partial charge in [-0.2, -0.15) is 0 Å². The average molecular weight is 212 g/mol. The molecule has 0 radical (unpaired) electrons. The molecule has 2 heterocycles. The lowest BCUT2D eigenvalue weighted by atomic mass is 10.0. The van der Waals surface area contributed by atoms with Crippen molar-refractivity contribution in [2.45, 2.75) is 31.5 Å². The summed E-state index contributed by atoms with van der Waals surface area (Å²) in [4.78, 5) is 4.30. The van der Waals surface area contributed by atoms with E-state index in [1.165, 1.54) is 0 Å². The molecule has 0 spiro atoms. The number of nitrogens with zero attached hydrogens (tertiary/aromatic N) is 1. The first-order chi connectivity index (χ1) is 6.73. The Kier molecular flexibility index (Phi) is 2.85. The number of rotatable bonds is 3. The van der Waals surface area contributed by atoms with Crippen LogP contribution in [0.25, 0.3) is 0 Å². The van der Waals surface area contributed by atoms with Crippen LogP contribution in [0.5, 0.6) is 0 Å². The number of hydrogen-bond donors (Lipinski definition) is 1. The first kappa shape index (κ1) is 10.1. The molecule has 3 nitrogen and oxygen atoms in total. The van der Waals surface area contributed by atoms with Crippen LogP contribution in [-0.2, 0) is 4.74 Å². The molecular formula is C10H16N2OS. The van der Waals surface area contributed by atoms with Gasteiger partial charge in [-0.25, -0.2) is 4.98 Å². The van der Waals surface area contributed by atoms with E-state index in [-0.39, 0.29) is 11.7 Å². The topological polar surface area (TPSA) is 34.2 Å². The van der Waals surface area contributed by atoms with Gasteiger partial charge in [0.2, 0.25) is 0 Å². The number of likely N-dealkylation sites (N-methyl/N-ethyl adjacent to an activating group) is 1. The maximum atomic E-state index is 6.02. The van der Waals surface area contributed by atoms with Crippen molar-refractivity contribution < 1.29 is 4.74 Å². The fourth-order valence-corrected chi connectivity index (χ4v) is 2.67. The van der Waals surface area contributed by atoms with Gasteiger partial charge in [-0.3, -0.25) is 0 Å². The summed E-state index contributed by atoms with van der Waals surface area (Å²) < 4.78 is 6.02. The summed E-state index contributed by atoms with van der Waals surface area (Å²) in [7, 11) is 1.96. The highest BCUT2D eigenvalue weighted by molar-refractivity contribution is 7.09. The molecule has 0 aliphatic carbocycles. The number of nitrogens with one attached hydrogen (secondary N) is 1. The SMILES string of the molecule is CNCC1(C)CCC(c2nccs2)O1. The Balaban J connectivity index is 2.01. The van der Waals surface area contributed by atoms with E-state index in [0.717, 1.165) is 24.4 Å². The largest absolute Gasteiger partial charge is 0.364 e. The van der Waals surface area contributed by atoms with Crippen molar-refractivity contribution in [3.05, 3.63) is 16.6 Å². The van der Waals surface area contributed by atoms with Crippen molar-refractivity contribution >= 4 is 11.3 Å². The van der Waals surface area contributed by atoms with Crippen LogP contribution in [0.15, 0.2) is 11.6 Å². The van der Waals surface area contributed by atoms with E-state index in [2.05, 4.69) is 17.2 Å². The van der Waals surface area contributed by atoms with Gasteiger partial charge in [0.05, 0.1) is 5.60 Å². The highest BCUT2D eigenvalue weighted by Gasteiger charge is 2.37. The van der Waals surface area contributed by atoms with Crippen molar-refractivity contribution in [2.24, 2.45) is 0 Å². The Morgan fingerprint density at radius 1 is 1.79 bits per heavy atom. The maximum absolute atomic E-state index is 6.02. The third kappa shape index (κ3) is 1.97. The fourth-order valence-electron chi connectivity index (χ4n) is 1.97. The van der Waals surface area contributed by atoms with Gasteiger partial charge in [0.15, 0.2) is 0 Å². The van der Waals surface area contributed by atoms with Crippen molar-refractivity contribution in [1.82, 2.24) is 10.3 Å². The molecule has 0 aromatic carbocycles. The van der Waals surface area contributed by atoms with Gasteiger partial charge >= 0.3 is 0 Å². The minimum absolute atomic E-state index is 0.00884. The molecule has 0 saturated carbocycles. The van der Waals surface area contributed by atoms with Crippen molar-refractivity contribution in [3.63, 3.8) is 0 Å². The van der Waals surface area contributed by atoms with E-state index < -0.39 is 0 Å². The first-order valence-corrected chi connectivity index (χ1v) is 5.83. The van der Waals surface area contributed by atoms with Crippen LogP contribution in [0, 0.1) is 0 Å². The standard InChI is InChI=1S/C10H16N2OS/c1-10(7-11-2)4-3-8(13-10)9-12-5-6-14-9/h5-6,8,11H,3-4,7H2,1-2H3. The van der Waals surface area contributed by atoms with Crippen LogP contribution < -0.4 is 5.32 Å². The molecule has 0 amide bonds. The van der Waals surface area contributed by atoms with E-state index >= 15 is 0 Å². The van der Waals surface area contributed by atoms with Crippen LogP contribution in [0.4, 0.5) is 0 Å². The van der Waals surface area contributed by atoms with Crippen LogP contribution in [0.1, 0.15) is 30.9 Å². The summed E-state index contributed by atoms with van der Waals surface area (Å²) in [6.45, 7) is 3.08. The molecule has 1 fully saturated rings. The lowest BCUT2D eigenvalue weighted by Crippen LogP contribution is -2.35. The fraction of sp³-hybridized carbons (Fsp3) is 0.700. The number of hydrogen-bond acceptors (Lipinski definition) is 4. The Hall–Kier alpha value is -0.450. The quantitative estimate of drug-likeness (QED) is 0.832. The van der Waals surface area contributed by atoms with E-state index in [1.807, 2.05) is 18.6 Å². The number of ether oxygens (including phenoxy) is 1. The Bertz CT molecular complexity index is 288. The molecule has 2 atom stereocenters. The first-order valence-electron chi connectivity index (χ1n) is 4.95. The molecule has 1 aromatic rings. The molecule has 1 N–H and O–H groups in total. The molecule has 78 valence electrons. The summed E-state index contributed by atoms with van der Waals surface area (Å²) in [6.07, 6.45) is 4.26. The smallest absolute Gasteiger partial charge is 0.121 e. The van der Waals surface area contributed by atoms with Crippen LogP contribution >= 0.6 is 11.3 Å². The normalized spacial score (nSPS) is 32.3. The second-order valence-corrected chi connectivity index (χ2v) is 4.92. The Morgan fingerprint density at radius 3 is 3.29 bits per heavy atom. The van der Waals surface area contributed by atoms with Gasteiger partial charge < -0.3 is 10.1 Å². The van der Waals surface area contributed by atoms with E-state index in [4.69, 9.17) is 4.74 Å². The molecule has 1 aliphatic heterocycles. The minimum Gasteiger partial charge on any atom is -0.364 e. The van der Waals surface area contributed by atoms with Crippen LogP contribution in [0.3, 0.4) is 0 Å². The van der Waals surface area contributed by atoms with Gasteiger partial charge in [-0.15, -0.1) is 11.3 Å². The van der Waals surface area contributed by atoms with Gasteiger partial charge in [0.1, 0.15) is 11.1 Å². The number of thiazole rings is 1.